The molecule has 1 atom stereocenters. The van der Waals surface area contributed by atoms with Crippen LogP contribution in [0.5, 0.6) is 0 Å². The average molecular weight is 325 g/mol. The fourth-order valence-electron chi connectivity index (χ4n) is 1.74. The van der Waals surface area contributed by atoms with Crippen molar-refractivity contribution in [3.05, 3.63) is 12.0 Å². The second-order valence-corrected chi connectivity index (χ2v) is 5.69. The van der Waals surface area contributed by atoms with Crippen molar-refractivity contribution in [1.29, 1.82) is 0 Å². The predicted molar refractivity (Wildman–Crippen MR) is 69.2 cm³/mol. The summed E-state index contributed by atoms with van der Waals surface area (Å²) in [5.74, 6) is -3.01. The smallest absolute Gasteiger partial charge is 0.454 e. The Morgan fingerprint density at radius 3 is 2.57 bits per heavy atom. The van der Waals surface area contributed by atoms with Crippen molar-refractivity contribution >= 4 is 28.6 Å². The van der Waals surface area contributed by atoms with E-state index < -0.39 is 23.7 Å². The predicted octanol–water partition coefficient (Wildman–Crippen LogP) is 1.88. The molecule has 1 rings (SSSR count). The summed E-state index contributed by atoms with van der Waals surface area (Å²) in [4.78, 5) is 34.8. The van der Waals surface area contributed by atoms with Crippen molar-refractivity contribution in [2.24, 2.45) is 0 Å². The summed E-state index contributed by atoms with van der Waals surface area (Å²) in [5.41, 5.74) is 0. The first-order chi connectivity index (χ1) is 9.65. The third-order valence-corrected chi connectivity index (χ3v) is 3.50. The van der Waals surface area contributed by atoms with Crippen LogP contribution < -0.4 is 0 Å². The van der Waals surface area contributed by atoms with Crippen LogP contribution in [-0.4, -0.2) is 46.3 Å². The number of ketones is 1. The summed E-state index contributed by atoms with van der Waals surface area (Å²) in [7, 11) is 0. The molecule has 0 aliphatic carbocycles. The van der Waals surface area contributed by atoms with E-state index in [2.05, 4.69) is 0 Å². The van der Waals surface area contributed by atoms with Crippen molar-refractivity contribution in [1.82, 2.24) is 4.90 Å². The molecule has 1 amide bonds. The molecule has 0 N–H and O–H groups in total. The number of carbonyl (C=O) groups excluding carboxylic acids is 3. The highest BCUT2D eigenvalue weighted by atomic mass is 32.2. The number of nitrogens with zero attached hydrogens (tertiary/aromatic N) is 1. The number of hydrogen-bond acceptors (Lipinski definition) is 5. The van der Waals surface area contributed by atoms with E-state index in [1.807, 2.05) is 0 Å². The molecule has 1 saturated heterocycles. The standard InChI is InChI=1S/C12H14F3NO4S/c1-3-20-11(5-9(18)12(13,14)15)16-6-8(4-10(16)19)21-7(2)17/h5,8H,3-4,6H2,1-2H3. The molecule has 0 aromatic carbocycles. The van der Waals surface area contributed by atoms with Crippen LogP contribution in [-0.2, 0) is 19.1 Å². The highest BCUT2D eigenvalue weighted by molar-refractivity contribution is 8.14. The van der Waals surface area contributed by atoms with Crippen molar-refractivity contribution in [3.63, 3.8) is 0 Å². The number of likely N-dealkylation sites (tertiary alicyclic amines) is 1. The maximum atomic E-state index is 12.3. The summed E-state index contributed by atoms with van der Waals surface area (Å²) in [6.45, 7) is 2.89. The third-order valence-electron chi connectivity index (χ3n) is 2.51. The molecule has 0 saturated carbocycles. The van der Waals surface area contributed by atoms with Gasteiger partial charge in [-0.05, 0) is 6.92 Å². The van der Waals surface area contributed by atoms with Crippen LogP contribution in [0.25, 0.3) is 0 Å². The van der Waals surface area contributed by atoms with Crippen LogP contribution in [0.15, 0.2) is 12.0 Å². The lowest BCUT2D eigenvalue weighted by molar-refractivity contribution is -0.165. The number of alkyl halides is 3. The van der Waals surface area contributed by atoms with Crippen LogP contribution in [0, 0.1) is 0 Å². The van der Waals surface area contributed by atoms with Gasteiger partial charge in [0.2, 0.25) is 5.91 Å². The molecule has 9 heteroatoms. The largest absolute Gasteiger partial charge is 0.479 e. The molecule has 0 radical (unpaired) electrons. The summed E-state index contributed by atoms with van der Waals surface area (Å²) in [6.07, 6.45) is -4.75. The van der Waals surface area contributed by atoms with E-state index in [4.69, 9.17) is 4.74 Å². The number of carbonyl (C=O) groups is 3. The lowest BCUT2D eigenvalue weighted by Crippen LogP contribution is -2.29. The average Bonchev–Trinajstić information content (AvgIpc) is 2.67. The fraction of sp³-hybridized carbons (Fsp3) is 0.583. The summed E-state index contributed by atoms with van der Waals surface area (Å²) in [6, 6.07) is 0. The molecule has 21 heavy (non-hydrogen) atoms. The van der Waals surface area contributed by atoms with Crippen LogP contribution >= 0.6 is 11.8 Å². The van der Waals surface area contributed by atoms with E-state index in [-0.39, 0.29) is 36.0 Å². The molecule has 0 bridgehead atoms. The van der Waals surface area contributed by atoms with Gasteiger partial charge in [-0.15, -0.1) is 0 Å². The molecule has 1 aliphatic rings. The number of amides is 1. The Balaban J connectivity index is 2.91. The first-order valence-electron chi connectivity index (χ1n) is 6.08. The Morgan fingerprint density at radius 1 is 1.48 bits per heavy atom. The number of halogens is 3. The van der Waals surface area contributed by atoms with Gasteiger partial charge in [0.25, 0.3) is 5.78 Å². The van der Waals surface area contributed by atoms with E-state index in [1.54, 1.807) is 0 Å². The van der Waals surface area contributed by atoms with Gasteiger partial charge in [-0.2, -0.15) is 13.2 Å². The Morgan fingerprint density at radius 2 is 2.10 bits per heavy atom. The monoisotopic (exact) mass is 325 g/mol. The Kier molecular flexibility index (Phi) is 5.82. The molecular weight excluding hydrogens is 311 g/mol. The molecule has 1 unspecified atom stereocenters. The third kappa shape index (κ3) is 5.07. The first kappa shape index (κ1) is 17.5. The fourth-order valence-corrected chi connectivity index (χ4v) is 2.66. The molecule has 0 aromatic rings. The van der Waals surface area contributed by atoms with Gasteiger partial charge >= 0.3 is 6.18 Å². The Bertz CT molecular complexity index is 476. The highest BCUT2D eigenvalue weighted by Gasteiger charge is 2.39. The summed E-state index contributed by atoms with van der Waals surface area (Å²) < 4.78 is 41.8. The van der Waals surface area contributed by atoms with Crippen molar-refractivity contribution in [2.45, 2.75) is 31.7 Å². The van der Waals surface area contributed by atoms with Gasteiger partial charge in [0.15, 0.2) is 11.0 Å². The minimum absolute atomic E-state index is 0.00523. The zero-order valence-corrected chi connectivity index (χ0v) is 12.2. The molecule has 0 aromatic heterocycles. The number of ether oxygens (including phenoxy) is 1. The van der Waals surface area contributed by atoms with E-state index >= 15 is 0 Å². The zero-order valence-electron chi connectivity index (χ0n) is 11.4. The Labute approximate surface area is 123 Å². The zero-order chi connectivity index (χ0) is 16.2. The number of rotatable bonds is 5. The van der Waals surface area contributed by atoms with Gasteiger partial charge in [0.05, 0.1) is 12.7 Å². The topological polar surface area (TPSA) is 63.7 Å². The van der Waals surface area contributed by atoms with Crippen LogP contribution in [0.4, 0.5) is 13.2 Å². The molecule has 5 nitrogen and oxygen atoms in total. The maximum absolute atomic E-state index is 12.3. The van der Waals surface area contributed by atoms with Crippen molar-refractivity contribution < 1.29 is 32.3 Å². The van der Waals surface area contributed by atoms with E-state index in [0.717, 1.165) is 16.7 Å². The minimum Gasteiger partial charge on any atom is -0.479 e. The highest BCUT2D eigenvalue weighted by Crippen LogP contribution is 2.28. The van der Waals surface area contributed by atoms with Crippen molar-refractivity contribution in [3.8, 4) is 0 Å². The first-order valence-corrected chi connectivity index (χ1v) is 6.96. The molecule has 1 fully saturated rings. The molecule has 1 heterocycles. The quantitative estimate of drug-likeness (QED) is 0.570. The second kappa shape index (κ2) is 6.97. The minimum atomic E-state index is -5.03. The van der Waals surface area contributed by atoms with Crippen molar-refractivity contribution in [2.75, 3.05) is 13.2 Å². The Hall–Kier alpha value is -1.51. The van der Waals surface area contributed by atoms with Gasteiger partial charge in [0.1, 0.15) is 0 Å². The lowest BCUT2D eigenvalue weighted by Gasteiger charge is -2.20. The summed E-state index contributed by atoms with van der Waals surface area (Å²) in [5, 5.41) is -0.553. The lowest BCUT2D eigenvalue weighted by atomic mass is 10.3. The van der Waals surface area contributed by atoms with Crippen LogP contribution in [0.2, 0.25) is 0 Å². The van der Waals surface area contributed by atoms with E-state index in [1.165, 1.54) is 13.8 Å². The van der Waals surface area contributed by atoms with Gasteiger partial charge in [-0.25, -0.2) is 0 Å². The van der Waals surface area contributed by atoms with Crippen LogP contribution in [0.1, 0.15) is 20.3 Å². The number of allylic oxidation sites excluding steroid dienone is 1. The molecular formula is C12H14F3NO4S. The molecule has 118 valence electrons. The van der Waals surface area contributed by atoms with Gasteiger partial charge in [0, 0.05) is 25.1 Å². The SMILES string of the molecule is CCOC(=CC(=O)C(F)(F)F)N1CC(SC(C)=O)CC1=O. The van der Waals surface area contributed by atoms with E-state index in [9.17, 15) is 27.6 Å². The summed E-state index contributed by atoms with van der Waals surface area (Å²) >= 11 is 0.938. The normalized spacial score (nSPS) is 19.9. The van der Waals surface area contributed by atoms with Gasteiger partial charge in [-0.1, -0.05) is 11.8 Å². The van der Waals surface area contributed by atoms with Gasteiger partial charge < -0.3 is 4.74 Å². The molecule has 0 spiro atoms. The second-order valence-electron chi connectivity index (χ2n) is 4.22. The number of thioether (sulfide) groups is 1. The number of hydrogen-bond donors (Lipinski definition) is 0. The van der Waals surface area contributed by atoms with E-state index in [0.29, 0.717) is 0 Å². The molecule has 1 aliphatic heterocycles. The van der Waals surface area contributed by atoms with Gasteiger partial charge in [-0.3, -0.25) is 19.3 Å². The van der Waals surface area contributed by atoms with Crippen LogP contribution in [0.3, 0.4) is 0 Å². The maximum Gasteiger partial charge on any atom is 0.454 e.